The van der Waals surface area contributed by atoms with Gasteiger partial charge in [0.15, 0.2) is 0 Å². The fraction of sp³-hybridized carbons (Fsp3) is 0.174. The first-order chi connectivity index (χ1) is 14.1. The Balaban J connectivity index is 1.46. The number of nitrogens with two attached hydrogens (primary N) is 1. The summed E-state index contributed by atoms with van der Waals surface area (Å²) in [5, 5.41) is 2.78. The number of methoxy groups -OCH3 is 1. The molecule has 0 aromatic heterocycles. The van der Waals surface area contributed by atoms with Crippen LogP contribution in [0.1, 0.15) is 5.56 Å². The first-order valence-corrected chi connectivity index (χ1v) is 9.24. The maximum Gasteiger partial charge on any atom is 0.243 e. The zero-order valence-electron chi connectivity index (χ0n) is 16.2. The third-order valence-electron chi connectivity index (χ3n) is 4.16. The quantitative estimate of drug-likeness (QED) is 0.576. The van der Waals surface area contributed by atoms with Crippen LogP contribution in [0.5, 0.6) is 17.2 Å². The summed E-state index contributed by atoms with van der Waals surface area (Å²) in [7, 11) is 1.62. The highest BCUT2D eigenvalue weighted by Gasteiger charge is 2.14. The number of carbonyl (C=O) groups is 1. The van der Waals surface area contributed by atoms with Crippen molar-refractivity contribution < 1.29 is 19.0 Å². The Morgan fingerprint density at radius 3 is 2.10 bits per heavy atom. The van der Waals surface area contributed by atoms with Gasteiger partial charge in [-0.2, -0.15) is 0 Å². The second-order valence-electron chi connectivity index (χ2n) is 6.40. The van der Waals surface area contributed by atoms with Gasteiger partial charge in [0, 0.05) is 5.69 Å². The lowest BCUT2D eigenvalue weighted by Gasteiger charge is -2.13. The van der Waals surface area contributed by atoms with Crippen molar-refractivity contribution in [1.29, 1.82) is 0 Å². The van der Waals surface area contributed by atoms with Crippen LogP contribution in [0.15, 0.2) is 78.9 Å². The van der Waals surface area contributed by atoms with E-state index >= 15 is 0 Å². The van der Waals surface area contributed by atoms with Gasteiger partial charge in [0.25, 0.3) is 0 Å². The molecule has 29 heavy (non-hydrogen) atoms. The number of anilines is 1. The van der Waals surface area contributed by atoms with Crippen molar-refractivity contribution >= 4 is 11.6 Å². The molecule has 0 heterocycles. The van der Waals surface area contributed by atoms with E-state index in [1.54, 1.807) is 31.4 Å². The monoisotopic (exact) mass is 392 g/mol. The van der Waals surface area contributed by atoms with Crippen LogP contribution in [-0.4, -0.2) is 25.7 Å². The fourth-order valence-corrected chi connectivity index (χ4v) is 2.57. The van der Waals surface area contributed by atoms with E-state index in [-0.39, 0.29) is 12.5 Å². The van der Waals surface area contributed by atoms with Gasteiger partial charge in [0.1, 0.15) is 23.3 Å². The van der Waals surface area contributed by atoms with Crippen molar-refractivity contribution in [3.8, 4) is 17.2 Å². The molecule has 3 rings (SSSR count). The van der Waals surface area contributed by atoms with E-state index in [4.69, 9.17) is 19.9 Å². The molecular formula is C23H24N2O4. The zero-order valence-corrected chi connectivity index (χ0v) is 16.2. The van der Waals surface area contributed by atoms with Crippen LogP contribution >= 0.6 is 0 Å². The summed E-state index contributed by atoms with van der Waals surface area (Å²) in [6.07, 6.45) is 0. The van der Waals surface area contributed by atoms with Gasteiger partial charge in [0.2, 0.25) is 5.91 Å². The molecule has 3 N–H and O–H groups in total. The van der Waals surface area contributed by atoms with E-state index in [1.165, 1.54) is 0 Å². The van der Waals surface area contributed by atoms with E-state index < -0.39 is 6.04 Å². The average Bonchev–Trinajstić information content (AvgIpc) is 2.76. The molecule has 0 spiro atoms. The van der Waals surface area contributed by atoms with Gasteiger partial charge in [-0.05, 0) is 54.1 Å². The Bertz CT molecular complexity index is 896. The normalized spacial score (nSPS) is 11.5. The lowest BCUT2D eigenvalue weighted by Crippen LogP contribution is -2.39. The van der Waals surface area contributed by atoms with E-state index in [2.05, 4.69) is 5.32 Å². The van der Waals surface area contributed by atoms with Gasteiger partial charge in [0.05, 0.1) is 20.3 Å². The molecule has 3 aromatic rings. The maximum absolute atomic E-state index is 12.2. The molecule has 0 unspecified atom stereocenters. The Morgan fingerprint density at radius 2 is 1.48 bits per heavy atom. The number of benzene rings is 3. The summed E-state index contributed by atoms with van der Waals surface area (Å²) >= 11 is 0. The van der Waals surface area contributed by atoms with Crippen LogP contribution in [-0.2, 0) is 16.1 Å². The second-order valence-corrected chi connectivity index (χ2v) is 6.40. The summed E-state index contributed by atoms with van der Waals surface area (Å²) < 4.78 is 16.4. The standard InChI is InChI=1S/C23H24N2O4/c1-27-19-11-13-21(14-12-19)29-20-9-7-18(8-10-20)25-23(26)22(24)16-28-15-17-5-3-2-4-6-17/h2-14,22H,15-16,24H2,1H3,(H,25,26)/t22-/m0/s1. The molecule has 6 heteroatoms. The highest BCUT2D eigenvalue weighted by atomic mass is 16.5. The third kappa shape index (κ3) is 6.34. The predicted octanol–water partition coefficient (Wildman–Crippen LogP) is 3.97. The summed E-state index contributed by atoms with van der Waals surface area (Å²) in [5.74, 6) is 1.81. The maximum atomic E-state index is 12.2. The number of nitrogens with one attached hydrogen (secondary N) is 1. The van der Waals surface area contributed by atoms with Crippen LogP contribution in [0.4, 0.5) is 5.69 Å². The Hall–Kier alpha value is -3.35. The Morgan fingerprint density at radius 1 is 0.897 bits per heavy atom. The molecule has 0 aliphatic heterocycles. The van der Waals surface area contributed by atoms with Crippen molar-refractivity contribution in [3.63, 3.8) is 0 Å². The van der Waals surface area contributed by atoms with Crippen LogP contribution in [0.25, 0.3) is 0 Å². The van der Waals surface area contributed by atoms with Gasteiger partial charge in [-0.3, -0.25) is 4.79 Å². The second kappa shape index (κ2) is 10.3. The van der Waals surface area contributed by atoms with Crippen LogP contribution in [0.2, 0.25) is 0 Å². The fourth-order valence-electron chi connectivity index (χ4n) is 2.57. The van der Waals surface area contributed by atoms with Gasteiger partial charge in [-0.1, -0.05) is 30.3 Å². The van der Waals surface area contributed by atoms with Crippen molar-refractivity contribution in [1.82, 2.24) is 0 Å². The SMILES string of the molecule is COc1ccc(Oc2ccc(NC(=O)[C@@H](N)COCc3ccccc3)cc2)cc1. The lowest BCUT2D eigenvalue weighted by molar-refractivity contribution is -0.118. The zero-order chi connectivity index (χ0) is 20.5. The molecule has 1 atom stereocenters. The van der Waals surface area contributed by atoms with Crippen molar-refractivity contribution in [2.24, 2.45) is 5.73 Å². The number of amides is 1. The van der Waals surface area contributed by atoms with E-state index in [0.717, 1.165) is 11.3 Å². The molecule has 6 nitrogen and oxygen atoms in total. The van der Waals surface area contributed by atoms with Crippen LogP contribution < -0.4 is 20.5 Å². The number of carbonyl (C=O) groups excluding carboxylic acids is 1. The molecule has 0 aliphatic rings. The number of hydrogen-bond donors (Lipinski definition) is 2. The molecule has 150 valence electrons. The van der Waals surface area contributed by atoms with Gasteiger partial charge in [-0.15, -0.1) is 0 Å². The predicted molar refractivity (Wildman–Crippen MR) is 112 cm³/mol. The molecule has 3 aromatic carbocycles. The lowest BCUT2D eigenvalue weighted by atomic mass is 10.2. The number of rotatable bonds is 9. The smallest absolute Gasteiger partial charge is 0.243 e. The molecule has 0 saturated carbocycles. The minimum atomic E-state index is -0.756. The summed E-state index contributed by atoms with van der Waals surface area (Å²) in [4.78, 5) is 12.2. The van der Waals surface area contributed by atoms with Crippen molar-refractivity contribution in [2.75, 3.05) is 19.0 Å². The molecule has 1 amide bonds. The largest absolute Gasteiger partial charge is 0.497 e. The Labute approximate surface area is 170 Å². The highest BCUT2D eigenvalue weighted by Crippen LogP contribution is 2.25. The van der Waals surface area contributed by atoms with Gasteiger partial charge < -0.3 is 25.3 Å². The molecule has 0 aliphatic carbocycles. The molecule has 0 fully saturated rings. The Kier molecular flexibility index (Phi) is 7.22. The first kappa shape index (κ1) is 20.4. The topological polar surface area (TPSA) is 82.8 Å². The van der Waals surface area contributed by atoms with Crippen LogP contribution in [0.3, 0.4) is 0 Å². The molecule has 0 radical (unpaired) electrons. The van der Waals surface area contributed by atoms with Crippen molar-refractivity contribution in [3.05, 3.63) is 84.4 Å². The average molecular weight is 392 g/mol. The summed E-state index contributed by atoms with van der Waals surface area (Å²) in [5.41, 5.74) is 7.58. The summed E-state index contributed by atoms with van der Waals surface area (Å²) in [6, 6.07) is 23.3. The molecule has 0 bridgehead atoms. The van der Waals surface area contributed by atoms with Gasteiger partial charge in [-0.25, -0.2) is 0 Å². The van der Waals surface area contributed by atoms with E-state index in [9.17, 15) is 4.79 Å². The highest BCUT2D eigenvalue weighted by molar-refractivity contribution is 5.94. The van der Waals surface area contributed by atoms with Gasteiger partial charge >= 0.3 is 0 Å². The molecular weight excluding hydrogens is 368 g/mol. The van der Waals surface area contributed by atoms with E-state index in [1.807, 2.05) is 54.6 Å². The molecule has 0 saturated heterocycles. The minimum absolute atomic E-state index is 0.138. The number of ether oxygens (including phenoxy) is 3. The first-order valence-electron chi connectivity index (χ1n) is 9.24. The minimum Gasteiger partial charge on any atom is -0.497 e. The summed E-state index contributed by atoms with van der Waals surface area (Å²) in [6.45, 7) is 0.554. The number of hydrogen-bond acceptors (Lipinski definition) is 5. The van der Waals surface area contributed by atoms with Crippen molar-refractivity contribution in [2.45, 2.75) is 12.6 Å². The van der Waals surface area contributed by atoms with Crippen LogP contribution in [0, 0.1) is 0 Å². The van der Waals surface area contributed by atoms with E-state index in [0.29, 0.717) is 23.8 Å². The third-order valence-corrected chi connectivity index (χ3v) is 4.16.